The van der Waals surface area contributed by atoms with Gasteiger partial charge in [-0.3, -0.25) is 4.79 Å². The summed E-state index contributed by atoms with van der Waals surface area (Å²) in [5, 5.41) is 2.75. The van der Waals surface area contributed by atoms with Crippen molar-refractivity contribution < 1.29 is 4.79 Å². The molecule has 12 heavy (non-hydrogen) atoms. The molecule has 70 valence electrons. The quantitative estimate of drug-likeness (QED) is 0.613. The average Bonchev–Trinajstić information content (AvgIpc) is 1.84. The lowest BCUT2D eigenvalue weighted by Gasteiger charge is -2.04. The van der Waals surface area contributed by atoms with Crippen molar-refractivity contribution >= 4 is 5.91 Å². The summed E-state index contributed by atoms with van der Waals surface area (Å²) in [6.07, 6.45) is 2.41. The molecule has 0 fully saturated rings. The molecule has 0 aromatic heterocycles. The van der Waals surface area contributed by atoms with Gasteiger partial charge in [0.05, 0.1) is 0 Å². The first kappa shape index (κ1) is 11.2. The Morgan fingerprint density at radius 2 is 2.17 bits per heavy atom. The lowest BCUT2D eigenvalue weighted by molar-refractivity contribution is -0.116. The van der Waals surface area contributed by atoms with E-state index in [4.69, 9.17) is 5.73 Å². The van der Waals surface area contributed by atoms with E-state index in [-0.39, 0.29) is 11.9 Å². The third-order valence-corrected chi connectivity index (χ3v) is 1.32. The number of carbonyl (C=O) groups excluding carboxylic acids is 1. The van der Waals surface area contributed by atoms with Gasteiger partial charge in [0, 0.05) is 18.7 Å². The van der Waals surface area contributed by atoms with Crippen molar-refractivity contribution in [3.63, 3.8) is 0 Å². The number of carbonyl (C=O) groups is 1. The number of nitrogens with one attached hydrogen (secondary N) is 1. The van der Waals surface area contributed by atoms with Crippen molar-refractivity contribution in [1.29, 1.82) is 0 Å². The zero-order valence-corrected chi connectivity index (χ0v) is 8.05. The largest absolute Gasteiger partial charge is 0.352 e. The van der Waals surface area contributed by atoms with Crippen molar-refractivity contribution in [2.45, 2.75) is 33.2 Å². The third-order valence-electron chi connectivity index (χ3n) is 1.32. The van der Waals surface area contributed by atoms with Crippen molar-refractivity contribution in [2.24, 2.45) is 5.73 Å². The summed E-state index contributed by atoms with van der Waals surface area (Å²) in [5.74, 6) is -0.0318. The summed E-state index contributed by atoms with van der Waals surface area (Å²) in [5.41, 5.74) is 6.52. The maximum atomic E-state index is 11.0. The molecule has 0 aromatic carbocycles. The molecule has 1 unspecified atom stereocenters. The van der Waals surface area contributed by atoms with Crippen molar-refractivity contribution in [1.82, 2.24) is 5.32 Å². The molecule has 3 N–H and O–H groups in total. The molecule has 0 bridgehead atoms. The number of allylic oxidation sites excluding steroid dienone is 1. The second-order valence-corrected chi connectivity index (χ2v) is 3.28. The first-order chi connectivity index (χ1) is 5.52. The van der Waals surface area contributed by atoms with Crippen LogP contribution in [0.25, 0.3) is 0 Å². The van der Waals surface area contributed by atoms with Gasteiger partial charge in [-0.2, -0.15) is 0 Å². The third kappa shape index (κ3) is 7.28. The molecule has 1 amide bonds. The maximum absolute atomic E-state index is 11.0. The average molecular weight is 170 g/mol. The van der Waals surface area contributed by atoms with Gasteiger partial charge in [-0.1, -0.05) is 5.57 Å². The van der Waals surface area contributed by atoms with Crippen LogP contribution in [-0.4, -0.2) is 18.5 Å². The van der Waals surface area contributed by atoms with Gasteiger partial charge >= 0.3 is 0 Å². The second-order valence-electron chi connectivity index (χ2n) is 3.28. The van der Waals surface area contributed by atoms with Crippen LogP contribution in [-0.2, 0) is 4.79 Å². The Kier molecular flexibility index (Phi) is 5.37. The highest BCUT2D eigenvalue weighted by atomic mass is 16.1. The molecule has 0 aliphatic carbocycles. The zero-order valence-electron chi connectivity index (χ0n) is 8.05. The SMILES string of the molecule is CC(C)=CC(=O)NCCC(C)N. The number of hydrogen-bond acceptors (Lipinski definition) is 2. The molecule has 1 atom stereocenters. The fourth-order valence-electron chi connectivity index (χ4n) is 0.736. The topological polar surface area (TPSA) is 55.1 Å². The van der Waals surface area contributed by atoms with Crippen LogP contribution in [0.1, 0.15) is 27.2 Å². The lowest BCUT2D eigenvalue weighted by Crippen LogP contribution is -2.27. The molecule has 0 heterocycles. The molecule has 0 aliphatic heterocycles. The molecule has 0 aliphatic rings. The minimum atomic E-state index is -0.0318. The predicted molar refractivity (Wildman–Crippen MR) is 50.7 cm³/mol. The van der Waals surface area contributed by atoms with Crippen LogP contribution < -0.4 is 11.1 Å². The Bertz CT molecular complexity index is 169. The van der Waals surface area contributed by atoms with Crippen LogP contribution in [0.2, 0.25) is 0 Å². The molecule has 0 rings (SSSR count). The molecule has 0 aromatic rings. The monoisotopic (exact) mass is 170 g/mol. The molecule has 0 saturated carbocycles. The van der Waals surface area contributed by atoms with Gasteiger partial charge < -0.3 is 11.1 Å². The van der Waals surface area contributed by atoms with Gasteiger partial charge in [0.25, 0.3) is 0 Å². The number of hydrogen-bond donors (Lipinski definition) is 2. The van der Waals surface area contributed by atoms with Gasteiger partial charge in [-0.25, -0.2) is 0 Å². The van der Waals surface area contributed by atoms with Crippen molar-refractivity contribution in [2.75, 3.05) is 6.54 Å². The van der Waals surface area contributed by atoms with E-state index in [0.29, 0.717) is 6.54 Å². The van der Waals surface area contributed by atoms with Crippen molar-refractivity contribution in [3.8, 4) is 0 Å². The smallest absolute Gasteiger partial charge is 0.243 e. The van der Waals surface area contributed by atoms with Gasteiger partial charge in [-0.15, -0.1) is 0 Å². The van der Waals surface area contributed by atoms with Crippen LogP contribution in [0.4, 0.5) is 0 Å². The lowest BCUT2D eigenvalue weighted by atomic mass is 10.2. The van der Waals surface area contributed by atoms with Crippen LogP contribution in [0.5, 0.6) is 0 Å². The van der Waals surface area contributed by atoms with E-state index in [0.717, 1.165) is 12.0 Å². The van der Waals surface area contributed by atoms with Crippen molar-refractivity contribution in [3.05, 3.63) is 11.6 Å². The normalized spacial score (nSPS) is 12.0. The van der Waals surface area contributed by atoms with E-state index in [2.05, 4.69) is 5.32 Å². The van der Waals surface area contributed by atoms with Gasteiger partial charge in [-0.05, 0) is 27.2 Å². The minimum Gasteiger partial charge on any atom is -0.352 e. The maximum Gasteiger partial charge on any atom is 0.243 e. The summed E-state index contributed by atoms with van der Waals surface area (Å²) >= 11 is 0. The zero-order chi connectivity index (χ0) is 9.56. The Morgan fingerprint density at radius 1 is 1.58 bits per heavy atom. The summed E-state index contributed by atoms with van der Waals surface area (Å²) in [6, 6.07) is 0.150. The summed E-state index contributed by atoms with van der Waals surface area (Å²) < 4.78 is 0. The fourth-order valence-corrected chi connectivity index (χ4v) is 0.736. The van der Waals surface area contributed by atoms with E-state index in [1.165, 1.54) is 0 Å². The standard InChI is InChI=1S/C9H18N2O/c1-7(2)6-9(12)11-5-4-8(3)10/h6,8H,4-5,10H2,1-3H3,(H,11,12). The second kappa shape index (κ2) is 5.77. The Balaban J connectivity index is 3.52. The van der Waals surface area contributed by atoms with Gasteiger partial charge in [0.2, 0.25) is 5.91 Å². The Morgan fingerprint density at radius 3 is 2.58 bits per heavy atom. The van der Waals surface area contributed by atoms with Crippen LogP contribution in [0.3, 0.4) is 0 Å². The van der Waals surface area contributed by atoms with E-state index in [1.54, 1.807) is 6.08 Å². The fraction of sp³-hybridized carbons (Fsp3) is 0.667. The van der Waals surface area contributed by atoms with E-state index >= 15 is 0 Å². The number of amides is 1. The number of nitrogens with two attached hydrogens (primary N) is 1. The minimum absolute atomic E-state index is 0.0318. The highest BCUT2D eigenvalue weighted by molar-refractivity contribution is 5.87. The Labute approximate surface area is 74.0 Å². The highest BCUT2D eigenvalue weighted by Crippen LogP contribution is 1.88. The van der Waals surface area contributed by atoms with Gasteiger partial charge in [0.15, 0.2) is 0 Å². The predicted octanol–water partition coefficient (Wildman–Crippen LogP) is 0.806. The molecule has 0 saturated heterocycles. The first-order valence-corrected chi connectivity index (χ1v) is 4.20. The van der Waals surface area contributed by atoms with Crippen LogP contribution in [0, 0.1) is 0 Å². The van der Waals surface area contributed by atoms with E-state index < -0.39 is 0 Å². The molecular formula is C9H18N2O. The summed E-state index contributed by atoms with van der Waals surface area (Å²) in [6.45, 7) is 6.36. The van der Waals surface area contributed by atoms with E-state index in [9.17, 15) is 4.79 Å². The Hall–Kier alpha value is -0.830. The molecular weight excluding hydrogens is 152 g/mol. The molecule has 3 nitrogen and oxygen atoms in total. The number of rotatable bonds is 4. The van der Waals surface area contributed by atoms with E-state index in [1.807, 2.05) is 20.8 Å². The molecule has 3 heteroatoms. The van der Waals surface area contributed by atoms with Gasteiger partial charge in [0.1, 0.15) is 0 Å². The molecule has 0 spiro atoms. The van der Waals surface area contributed by atoms with Crippen LogP contribution in [0.15, 0.2) is 11.6 Å². The first-order valence-electron chi connectivity index (χ1n) is 4.20. The summed E-state index contributed by atoms with van der Waals surface area (Å²) in [7, 11) is 0. The summed E-state index contributed by atoms with van der Waals surface area (Å²) in [4.78, 5) is 11.0. The van der Waals surface area contributed by atoms with Crippen LogP contribution >= 0.6 is 0 Å². The molecule has 0 radical (unpaired) electrons. The highest BCUT2D eigenvalue weighted by Gasteiger charge is 1.96.